The van der Waals surface area contributed by atoms with E-state index in [0.29, 0.717) is 6.04 Å². The number of nitrogens with zero attached hydrogens (tertiary/aromatic N) is 1. The molecule has 1 heterocycles. The Morgan fingerprint density at radius 1 is 1.35 bits per heavy atom. The molecule has 1 atom stereocenters. The molecule has 1 aliphatic rings. The molecule has 1 saturated heterocycles. The Hall–Kier alpha value is -1.06. The Balaban J connectivity index is 1.80. The molecule has 94 valence electrons. The van der Waals surface area contributed by atoms with Crippen molar-refractivity contribution in [3.05, 3.63) is 29.8 Å². The molecule has 17 heavy (non-hydrogen) atoms. The van der Waals surface area contributed by atoms with Crippen LogP contribution >= 0.6 is 0 Å². The minimum Gasteiger partial charge on any atom is -0.492 e. The molecule has 2 rings (SSSR count). The number of hydrogen-bond donors (Lipinski definition) is 1. The second-order valence-electron chi connectivity index (χ2n) is 4.76. The van der Waals surface area contributed by atoms with Gasteiger partial charge in [-0.2, -0.15) is 0 Å². The van der Waals surface area contributed by atoms with Crippen LogP contribution in [-0.2, 0) is 0 Å². The standard InChI is InChI=1S/C14H22N2O/c1-12-4-3-5-14(10-12)17-11-13(2)16-8-6-15-7-9-16/h3-5,10,13,15H,6-9,11H2,1-2H3. The summed E-state index contributed by atoms with van der Waals surface area (Å²) in [6.07, 6.45) is 0. The number of hydrogen-bond acceptors (Lipinski definition) is 3. The first kappa shape index (κ1) is 12.4. The van der Waals surface area contributed by atoms with E-state index >= 15 is 0 Å². The van der Waals surface area contributed by atoms with E-state index in [-0.39, 0.29) is 0 Å². The van der Waals surface area contributed by atoms with Crippen LogP contribution < -0.4 is 10.1 Å². The summed E-state index contributed by atoms with van der Waals surface area (Å²) in [7, 11) is 0. The summed E-state index contributed by atoms with van der Waals surface area (Å²) in [6, 6.07) is 8.73. The van der Waals surface area contributed by atoms with Gasteiger partial charge in [0.05, 0.1) is 0 Å². The summed E-state index contributed by atoms with van der Waals surface area (Å²) in [5, 5.41) is 3.37. The highest BCUT2D eigenvalue weighted by Crippen LogP contribution is 2.13. The van der Waals surface area contributed by atoms with Crippen LogP contribution in [0.4, 0.5) is 0 Å². The third kappa shape index (κ3) is 3.72. The number of aryl methyl sites for hydroxylation is 1. The quantitative estimate of drug-likeness (QED) is 0.857. The second kappa shape index (κ2) is 6.03. The van der Waals surface area contributed by atoms with Gasteiger partial charge in [0.15, 0.2) is 0 Å². The molecular formula is C14H22N2O. The van der Waals surface area contributed by atoms with Crippen molar-refractivity contribution in [1.29, 1.82) is 0 Å². The Morgan fingerprint density at radius 2 is 2.12 bits per heavy atom. The lowest BCUT2D eigenvalue weighted by molar-refractivity contribution is 0.132. The number of piperazine rings is 1. The molecule has 1 unspecified atom stereocenters. The molecule has 0 aliphatic carbocycles. The Kier molecular flexibility index (Phi) is 4.40. The van der Waals surface area contributed by atoms with Crippen LogP contribution in [0.15, 0.2) is 24.3 Å². The van der Waals surface area contributed by atoms with E-state index < -0.39 is 0 Å². The summed E-state index contributed by atoms with van der Waals surface area (Å²) in [5.41, 5.74) is 1.25. The number of benzene rings is 1. The zero-order chi connectivity index (χ0) is 12.1. The number of ether oxygens (including phenoxy) is 1. The summed E-state index contributed by atoms with van der Waals surface area (Å²) in [6.45, 7) is 9.53. The minimum absolute atomic E-state index is 0.484. The SMILES string of the molecule is Cc1cccc(OCC(C)N2CCNCC2)c1. The third-order valence-electron chi connectivity index (χ3n) is 3.26. The third-order valence-corrected chi connectivity index (χ3v) is 3.26. The normalized spacial score (nSPS) is 18.9. The molecular weight excluding hydrogens is 212 g/mol. The van der Waals surface area contributed by atoms with Gasteiger partial charge in [-0.25, -0.2) is 0 Å². The lowest BCUT2D eigenvalue weighted by atomic mass is 10.2. The van der Waals surface area contributed by atoms with Gasteiger partial charge >= 0.3 is 0 Å². The highest BCUT2D eigenvalue weighted by molar-refractivity contribution is 5.27. The molecule has 0 amide bonds. The summed E-state index contributed by atoms with van der Waals surface area (Å²) < 4.78 is 5.84. The van der Waals surface area contributed by atoms with Gasteiger partial charge in [0, 0.05) is 32.2 Å². The van der Waals surface area contributed by atoms with Crippen LogP contribution in [0.3, 0.4) is 0 Å². The van der Waals surface area contributed by atoms with Gasteiger partial charge in [0.1, 0.15) is 12.4 Å². The molecule has 0 aromatic heterocycles. The maximum absolute atomic E-state index is 5.84. The van der Waals surface area contributed by atoms with Crippen molar-refractivity contribution in [1.82, 2.24) is 10.2 Å². The van der Waals surface area contributed by atoms with Crippen LogP contribution in [0.25, 0.3) is 0 Å². The fourth-order valence-electron chi connectivity index (χ4n) is 2.15. The van der Waals surface area contributed by atoms with E-state index in [9.17, 15) is 0 Å². The van der Waals surface area contributed by atoms with E-state index in [1.807, 2.05) is 12.1 Å². The van der Waals surface area contributed by atoms with Gasteiger partial charge in [-0.1, -0.05) is 12.1 Å². The fraction of sp³-hybridized carbons (Fsp3) is 0.571. The van der Waals surface area contributed by atoms with Gasteiger partial charge in [0.25, 0.3) is 0 Å². The van der Waals surface area contributed by atoms with Gasteiger partial charge in [0.2, 0.25) is 0 Å². The molecule has 1 N–H and O–H groups in total. The average molecular weight is 234 g/mol. The molecule has 1 aliphatic heterocycles. The van der Waals surface area contributed by atoms with Gasteiger partial charge in [-0.05, 0) is 31.5 Å². The highest BCUT2D eigenvalue weighted by Gasteiger charge is 2.16. The molecule has 0 bridgehead atoms. The van der Waals surface area contributed by atoms with E-state index in [4.69, 9.17) is 4.74 Å². The van der Waals surface area contributed by atoms with E-state index in [0.717, 1.165) is 38.5 Å². The van der Waals surface area contributed by atoms with Crippen LogP contribution in [-0.4, -0.2) is 43.7 Å². The maximum Gasteiger partial charge on any atom is 0.119 e. The molecule has 3 nitrogen and oxygen atoms in total. The second-order valence-corrected chi connectivity index (χ2v) is 4.76. The largest absolute Gasteiger partial charge is 0.492 e. The predicted octanol–water partition coefficient (Wildman–Crippen LogP) is 1.67. The Labute approximate surface area is 104 Å². The molecule has 0 saturated carbocycles. The van der Waals surface area contributed by atoms with Crippen LogP contribution in [0.1, 0.15) is 12.5 Å². The Morgan fingerprint density at radius 3 is 2.82 bits per heavy atom. The summed E-state index contributed by atoms with van der Waals surface area (Å²) in [5.74, 6) is 0.979. The van der Waals surface area contributed by atoms with Gasteiger partial charge < -0.3 is 10.1 Å². The highest BCUT2D eigenvalue weighted by atomic mass is 16.5. The smallest absolute Gasteiger partial charge is 0.119 e. The zero-order valence-electron chi connectivity index (χ0n) is 10.8. The topological polar surface area (TPSA) is 24.5 Å². The summed E-state index contributed by atoms with van der Waals surface area (Å²) in [4.78, 5) is 2.48. The molecule has 0 radical (unpaired) electrons. The van der Waals surface area contributed by atoms with E-state index in [1.54, 1.807) is 0 Å². The van der Waals surface area contributed by atoms with Crippen LogP contribution in [0, 0.1) is 6.92 Å². The fourth-order valence-corrected chi connectivity index (χ4v) is 2.15. The lowest BCUT2D eigenvalue weighted by Crippen LogP contribution is -2.49. The molecule has 0 spiro atoms. The molecule has 1 aromatic rings. The van der Waals surface area contributed by atoms with Crippen molar-refractivity contribution in [3.63, 3.8) is 0 Å². The first-order valence-electron chi connectivity index (χ1n) is 6.40. The maximum atomic E-state index is 5.84. The molecule has 3 heteroatoms. The minimum atomic E-state index is 0.484. The van der Waals surface area contributed by atoms with Crippen LogP contribution in [0.5, 0.6) is 5.75 Å². The van der Waals surface area contributed by atoms with Gasteiger partial charge in [-0.15, -0.1) is 0 Å². The summed E-state index contributed by atoms with van der Waals surface area (Å²) >= 11 is 0. The van der Waals surface area contributed by atoms with Crippen molar-refractivity contribution in [2.45, 2.75) is 19.9 Å². The Bertz CT molecular complexity index is 348. The van der Waals surface area contributed by atoms with Crippen molar-refractivity contribution >= 4 is 0 Å². The van der Waals surface area contributed by atoms with E-state index in [1.165, 1.54) is 5.56 Å². The molecule has 1 fully saturated rings. The monoisotopic (exact) mass is 234 g/mol. The number of rotatable bonds is 4. The first-order chi connectivity index (χ1) is 8.25. The van der Waals surface area contributed by atoms with Crippen molar-refractivity contribution in [2.24, 2.45) is 0 Å². The van der Waals surface area contributed by atoms with Crippen LogP contribution in [0.2, 0.25) is 0 Å². The van der Waals surface area contributed by atoms with E-state index in [2.05, 4.69) is 36.2 Å². The zero-order valence-corrected chi connectivity index (χ0v) is 10.8. The average Bonchev–Trinajstić information content (AvgIpc) is 2.37. The molecule has 1 aromatic carbocycles. The first-order valence-corrected chi connectivity index (χ1v) is 6.40. The number of nitrogens with one attached hydrogen (secondary N) is 1. The lowest BCUT2D eigenvalue weighted by Gasteiger charge is -2.32. The predicted molar refractivity (Wildman–Crippen MR) is 70.6 cm³/mol. The van der Waals surface area contributed by atoms with Crippen molar-refractivity contribution in [2.75, 3.05) is 32.8 Å². The van der Waals surface area contributed by atoms with Crippen molar-refractivity contribution in [3.8, 4) is 5.75 Å². The van der Waals surface area contributed by atoms with Crippen molar-refractivity contribution < 1.29 is 4.74 Å². The van der Waals surface area contributed by atoms with Gasteiger partial charge in [-0.3, -0.25) is 4.90 Å².